The number of carboxylic acids is 1. The molecule has 0 rings (SSSR count). The Bertz CT molecular complexity index is 131. The molecule has 1 atom stereocenters. The van der Waals surface area contributed by atoms with E-state index in [1.807, 2.05) is 13.8 Å². The second kappa shape index (κ2) is 12.7. The molecule has 0 aromatic heterocycles. The maximum Gasteiger partial charge on any atom is 0.320 e. The van der Waals surface area contributed by atoms with Gasteiger partial charge in [-0.2, -0.15) is 11.8 Å². The van der Waals surface area contributed by atoms with Gasteiger partial charge in [-0.25, -0.2) is 0 Å². The summed E-state index contributed by atoms with van der Waals surface area (Å²) < 4.78 is 0. The largest absolute Gasteiger partial charge is 0.480 e. The average molecular weight is 223 g/mol. The first-order chi connectivity index (χ1) is 6.59. The summed E-state index contributed by atoms with van der Waals surface area (Å²) in [6.07, 6.45) is 1.44. The number of rotatable bonds is 6. The Balaban J connectivity index is 0. The van der Waals surface area contributed by atoms with Gasteiger partial charge in [-0.05, 0) is 24.3 Å². The van der Waals surface area contributed by atoms with Crippen LogP contribution in [-0.2, 0) is 4.79 Å². The van der Waals surface area contributed by atoms with Crippen molar-refractivity contribution in [3.05, 3.63) is 0 Å². The minimum Gasteiger partial charge on any atom is -0.480 e. The molecule has 4 nitrogen and oxygen atoms in total. The minimum atomic E-state index is -0.906. The highest BCUT2D eigenvalue weighted by atomic mass is 32.2. The maximum absolute atomic E-state index is 10.2. The van der Waals surface area contributed by atoms with Crippen LogP contribution < -0.4 is 5.73 Å². The first-order valence-electron chi connectivity index (χ1n) is 4.77. The molecule has 0 aromatic rings. The van der Waals surface area contributed by atoms with E-state index in [0.29, 0.717) is 13.0 Å². The molecule has 0 radical (unpaired) electrons. The Labute approximate surface area is 89.9 Å². The van der Waals surface area contributed by atoms with Gasteiger partial charge in [-0.15, -0.1) is 0 Å². The van der Waals surface area contributed by atoms with Crippen molar-refractivity contribution >= 4 is 17.7 Å². The van der Waals surface area contributed by atoms with Crippen LogP contribution in [0.15, 0.2) is 0 Å². The summed E-state index contributed by atoms with van der Waals surface area (Å²) in [5, 5.41) is 16.2. The fourth-order valence-electron chi connectivity index (χ4n) is 0.478. The highest BCUT2D eigenvalue weighted by Crippen LogP contribution is 2.02. The highest BCUT2D eigenvalue weighted by molar-refractivity contribution is 7.99. The lowest BCUT2D eigenvalue weighted by Crippen LogP contribution is -2.30. The van der Waals surface area contributed by atoms with Crippen LogP contribution in [0.3, 0.4) is 0 Å². The van der Waals surface area contributed by atoms with Crippen LogP contribution in [0.5, 0.6) is 0 Å². The third kappa shape index (κ3) is 14.3. The van der Waals surface area contributed by atoms with E-state index in [2.05, 4.69) is 0 Å². The molecule has 0 fully saturated rings. The summed E-state index contributed by atoms with van der Waals surface area (Å²) in [7, 11) is 0. The van der Waals surface area contributed by atoms with Crippen LogP contribution in [0.25, 0.3) is 0 Å². The van der Waals surface area contributed by atoms with Crippen LogP contribution in [0, 0.1) is 0 Å². The SMILES string of the molecule is CCCO.CCSCC[C@H](N)C(=O)O. The van der Waals surface area contributed by atoms with Gasteiger partial charge in [0.2, 0.25) is 0 Å². The number of thioether (sulfide) groups is 1. The Morgan fingerprint density at radius 3 is 2.29 bits per heavy atom. The van der Waals surface area contributed by atoms with E-state index < -0.39 is 12.0 Å². The molecular weight excluding hydrogens is 202 g/mol. The lowest BCUT2D eigenvalue weighted by Gasteiger charge is -2.03. The maximum atomic E-state index is 10.2. The van der Waals surface area contributed by atoms with Crippen molar-refractivity contribution < 1.29 is 15.0 Å². The van der Waals surface area contributed by atoms with Gasteiger partial charge in [0.1, 0.15) is 6.04 Å². The second-order valence-electron chi connectivity index (χ2n) is 2.65. The lowest BCUT2D eigenvalue weighted by atomic mass is 10.2. The first kappa shape index (κ1) is 16.2. The van der Waals surface area contributed by atoms with Crippen LogP contribution in [0.2, 0.25) is 0 Å². The van der Waals surface area contributed by atoms with Crippen molar-refractivity contribution in [2.24, 2.45) is 5.73 Å². The average Bonchev–Trinajstić information content (AvgIpc) is 2.18. The molecule has 86 valence electrons. The monoisotopic (exact) mass is 223 g/mol. The van der Waals surface area contributed by atoms with Gasteiger partial charge in [-0.3, -0.25) is 4.79 Å². The van der Waals surface area contributed by atoms with Crippen LogP contribution in [-0.4, -0.2) is 40.3 Å². The number of carboxylic acid groups (broad SMARTS) is 1. The van der Waals surface area contributed by atoms with E-state index in [-0.39, 0.29) is 0 Å². The van der Waals surface area contributed by atoms with E-state index in [0.717, 1.165) is 17.9 Å². The number of aliphatic hydroxyl groups excluding tert-OH is 1. The van der Waals surface area contributed by atoms with E-state index in [1.165, 1.54) is 0 Å². The first-order valence-corrected chi connectivity index (χ1v) is 5.92. The van der Waals surface area contributed by atoms with Gasteiger partial charge < -0.3 is 15.9 Å². The molecule has 0 aliphatic heterocycles. The molecule has 0 bridgehead atoms. The molecule has 0 spiro atoms. The summed E-state index contributed by atoms with van der Waals surface area (Å²) in [5.74, 6) is 0.952. The molecule has 0 heterocycles. The van der Waals surface area contributed by atoms with Crippen LogP contribution in [0.4, 0.5) is 0 Å². The normalized spacial score (nSPS) is 11.4. The molecule has 0 unspecified atom stereocenters. The van der Waals surface area contributed by atoms with Crippen molar-refractivity contribution in [2.75, 3.05) is 18.1 Å². The molecule has 4 N–H and O–H groups in total. The lowest BCUT2D eigenvalue weighted by molar-refractivity contribution is -0.138. The number of carbonyl (C=O) groups is 1. The number of aliphatic carboxylic acids is 1. The van der Waals surface area contributed by atoms with Gasteiger partial charge in [0.15, 0.2) is 0 Å². The van der Waals surface area contributed by atoms with Gasteiger partial charge in [0, 0.05) is 6.61 Å². The molecule has 5 heteroatoms. The Morgan fingerprint density at radius 2 is 2.00 bits per heavy atom. The fourth-order valence-corrected chi connectivity index (χ4v) is 1.19. The van der Waals surface area contributed by atoms with E-state index in [1.54, 1.807) is 11.8 Å². The van der Waals surface area contributed by atoms with E-state index >= 15 is 0 Å². The molecule has 14 heavy (non-hydrogen) atoms. The summed E-state index contributed by atoms with van der Waals surface area (Å²) in [6.45, 7) is 4.29. The van der Waals surface area contributed by atoms with Crippen LogP contribution >= 0.6 is 11.8 Å². The smallest absolute Gasteiger partial charge is 0.320 e. The third-order valence-corrected chi connectivity index (χ3v) is 2.25. The van der Waals surface area contributed by atoms with Gasteiger partial charge >= 0.3 is 5.97 Å². The van der Waals surface area contributed by atoms with Crippen molar-refractivity contribution in [3.8, 4) is 0 Å². The Morgan fingerprint density at radius 1 is 1.50 bits per heavy atom. The zero-order valence-electron chi connectivity index (χ0n) is 8.90. The second-order valence-corrected chi connectivity index (χ2v) is 4.05. The topological polar surface area (TPSA) is 83.5 Å². The molecule has 0 saturated heterocycles. The number of hydrogen-bond acceptors (Lipinski definition) is 4. The predicted molar refractivity (Wildman–Crippen MR) is 60.6 cm³/mol. The summed E-state index contributed by atoms with van der Waals surface area (Å²) in [5.41, 5.74) is 5.24. The van der Waals surface area contributed by atoms with Crippen LogP contribution in [0.1, 0.15) is 26.7 Å². The zero-order valence-corrected chi connectivity index (χ0v) is 9.72. The molecule has 0 aliphatic carbocycles. The van der Waals surface area contributed by atoms with E-state index in [9.17, 15) is 4.79 Å². The van der Waals surface area contributed by atoms with Crippen molar-refractivity contribution in [1.82, 2.24) is 0 Å². The summed E-state index contributed by atoms with van der Waals surface area (Å²) in [6, 6.07) is -0.681. The van der Waals surface area contributed by atoms with Crippen molar-refractivity contribution in [2.45, 2.75) is 32.7 Å². The van der Waals surface area contributed by atoms with Gasteiger partial charge in [-0.1, -0.05) is 13.8 Å². The minimum absolute atomic E-state index is 0.319. The molecule has 0 aromatic carbocycles. The molecule has 0 aliphatic rings. The van der Waals surface area contributed by atoms with Gasteiger partial charge in [0.25, 0.3) is 0 Å². The Kier molecular flexibility index (Phi) is 14.7. The standard InChI is InChI=1S/C6H13NO2S.C3H8O/c1-2-10-4-3-5(7)6(8)9;1-2-3-4/h5H,2-4,7H2,1H3,(H,8,9);4H,2-3H2,1H3/t5-;/m0./s1. The zero-order chi connectivity index (χ0) is 11.4. The Hall–Kier alpha value is -0.260. The quantitative estimate of drug-likeness (QED) is 0.583. The molecule has 0 amide bonds. The predicted octanol–water partition coefficient (Wildman–Crippen LogP) is 0.930. The van der Waals surface area contributed by atoms with Crippen molar-refractivity contribution in [3.63, 3.8) is 0 Å². The molecular formula is C9H21NO3S. The fraction of sp³-hybridized carbons (Fsp3) is 0.889. The summed E-state index contributed by atoms with van der Waals surface area (Å²) in [4.78, 5) is 10.2. The number of nitrogens with two attached hydrogens (primary N) is 1. The van der Waals surface area contributed by atoms with Crippen molar-refractivity contribution in [1.29, 1.82) is 0 Å². The molecule has 0 saturated carbocycles. The number of hydrogen-bond donors (Lipinski definition) is 3. The van der Waals surface area contributed by atoms with E-state index in [4.69, 9.17) is 15.9 Å². The highest BCUT2D eigenvalue weighted by Gasteiger charge is 2.09. The third-order valence-electron chi connectivity index (χ3n) is 1.32. The van der Waals surface area contributed by atoms with Gasteiger partial charge in [0.05, 0.1) is 0 Å². The summed E-state index contributed by atoms with van der Waals surface area (Å²) >= 11 is 1.71. The number of aliphatic hydroxyl groups is 1.